The minimum atomic E-state index is -0.620. The second-order valence-electron chi connectivity index (χ2n) is 13.2. The monoisotopic (exact) mass is 468 g/mol. The molecule has 9 atom stereocenters. The zero-order chi connectivity index (χ0) is 24.1. The quantitative estimate of drug-likeness (QED) is 0.483. The molecule has 5 rings (SSSR count). The predicted molar refractivity (Wildman–Crippen MR) is 138 cm³/mol. The van der Waals surface area contributed by atoms with Gasteiger partial charge in [-0.3, -0.25) is 0 Å². The molecule has 2 N–H and O–H groups in total. The molecule has 4 saturated carbocycles. The van der Waals surface area contributed by atoms with E-state index in [2.05, 4.69) is 45.0 Å². The van der Waals surface area contributed by atoms with E-state index >= 15 is 0 Å². The molecule has 1 aromatic rings. The molecule has 0 amide bonds. The lowest BCUT2D eigenvalue weighted by molar-refractivity contribution is -0.144. The normalized spacial score (nSPS) is 43.4. The number of aliphatic hydroxyl groups excluding tert-OH is 1. The maximum atomic E-state index is 11.8. The van der Waals surface area contributed by atoms with Gasteiger partial charge in [-0.15, -0.1) is 0 Å². The number of aliphatic hydroxyl groups is 2. The van der Waals surface area contributed by atoms with Crippen molar-refractivity contribution in [3.8, 4) is 5.75 Å². The molecule has 4 aliphatic rings. The third kappa shape index (κ3) is 4.13. The van der Waals surface area contributed by atoms with Crippen molar-refractivity contribution in [2.24, 2.45) is 40.4 Å². The molecule has 0 heterocycles. The Morgan fingerprint density at radius 1 is 0.941 bits per heavy atom. The molecule has 0 bridgehead atoms. The zero-order valence-electron chi connectivity index (χ0n) is 22.1. The molecule has 1 aromatic carbocycles. The average Bonchev–Trinajstić information content (AvgIpc) is 3.17. The first kappa shape index (κ1) is 24.6. The number of benzene rings is 1. The lowest BCUT2D eigenvalue weighted by Crippen LogP contribution is -2.55. The fraction of sp³-hybridized carbons (Fsp3) is 0.806. The molecular weight excluding hydrogens is 420 g/mol. The fourth-order valence-electron chi connectivity index (χ4n) is 9.75. The Morgan fingerprint density at radius 3 is 2.38 bits per heavy atom. The fourth-order valence-corrected chi connectivity index (χ4v) is 9.75. The van der Waals surface area contributed by atoms with Crippen molar-refractivity contribution >= 4 is 0 Å². The summed E-state index contributed by atoms with van der Waals surface area (Å²) >= 11 is 0. The predicted octanol–water partition coefficient (Wildman–Crippen LogP) is 6.79. The van der Waals surface area contributed by atoms with Crippen LogP contribution in [-0.2, 0) is 6.42 Å². The highest BCUT2D eigenvalue weighted by molar-refractivity contribution is 5.27. The Kier molecular flexibility index (Phi) is 6.60. The maximum Gasteiger partial charge on any atom is 0.119 e. The second-order valence-corrected chi connectivity index (χ2v) is 13.2. The van der Waals surface area contributed by atoms with Crippen molar-refractivity contribution in [1.29, 1.82) is 0 Å². The Labute approximate surface area is 207 Å². The van der Waals surface area contributed by atoms with Crippen molar-refractivity contribution in [2.45, 2.75) is 110 Å². The number of fused-ring (bicyclic) bond motifs is 5. The van der Waals surface area contributed by atoms with Gasteiger partial charge in [-0.2, -0.15) is 0 Å². The van der Waals surface area contributed by atoms with E-state index in [1.165, 1.54) is 50.5 Å². The summed E-state index contributed by atoms with van der Waals surface area (Å²) in [6.45, 7) is 9.95. The van der Waals surface area contributed by atoms with Crippen molar-refractivity contribution in [1.82, 2.24) is 0 Å². The number of hydrogen-bond donors (Lipinski definition) is 2. The van der Waals surface area contributed by atoms with E-state index in [1.54, 1.807) is 0 Å². The van der Waals surface area contributed by atoms with E-state index in [-0.39, 0.29) is 11.5 Å². The molecule has 0 aliphatic heterocycles. The summed E-state index contributed by atoms with van der Waals surface area (Å²) in [5.41, 5.74) is 1.36. The summed E-state index contributed by atoms with van der Waals surface area (Å²) in [5.74, 6) is 4.45. The van der Waals surface area contributed by atoms with E-state index in [1.807, 2.05) is 6.92 Å². The van der Waals surface area contributed by atoms with Crippen molar-refractivity contribution in [2.75, 3.05) is 6.61 Å². The molecule has 4 fully saturated rings. The molecule has 0 spiro atoms. The zero-order valence-corrected chi connectivity index (χ0v) is 22.1. The van der Waals surface area contributed by atoms with Crippen LogP contribution < -0.4 is 4.74 Å². The van der Waals surface area contributed by atoms with Crippen LogP contribution in [0.1, 0.15) is 97.5 Å². The molecule has 34 heavy (non-hydrogen) atoms. The third-order valence-corrected chi connectivity index (χ3v) is 11.5. The Morgan fingerprint density at radius 2 is 1.65 bits per heavy atom. The van der Waals surface area contributed by atoms with Gasteiger partial charge in [0.25, 0.3) is 0 Å². The van der Waals surface area contributed by atoms with E-state index in [9.17, 15) is 10.2 Å². The van der Waals surface area contributed by atoms with Gasteiger partial charge in [-0.1, -0.05) is 26.0 Å². The van der Waals surface area contributed by atoms with Gasteiger partial charge in [0.1, 0.15) is 5.75 Å². The number of rotatable bonds is 6. The molecule has 0 radical (unpaired) electrons. The van der Waals surface area contributed by atoms with Gasteiger partial charge in [0.2, 0.25) is 0 Å². The van der Waals surface area contributed by atoms with Crippen molar-refractivity contribution in [3.05, 3.63) is 29.8 Å². The third-order valence-electron chi connectivity index (χ3n) is 11.5. The number of hydrogen-bond acceptors (Lipinski definition) is 3. The highest BCUT2D eigenvalue weighted by Gasteiger charge is 2.62. The van der Waals surface area contributed by atoms with Crippen LogP contribution in [0.5, 0.6) is 5.75 Å². The van der Waals surface area contributed by atoms with Gasteiger partial charge >= 0.3 is 0 Å². The van der Waals surface area contributed by atoms with Crippen LogP contribution in [-0.4, -0.2) is 28.5 Å². The summed E-state index contributed by atoms with van der Waals surface area (Å²) in [5, 5.41) is 22.1. The van der Waals surface area contributed by atoms with E-state index in [0.717, 1.165) is 55.1 Å². The Bertz CT molecular complexity index is 847. The van der Waals surface area contributed by atoms with Crippen LogP contribution in [0.3, 0.4) is 0 Å². The first-order valence-electron chi connectivity index (χ1n) is 14.3. The molecule has 1 unspecified atom stereocenters. The van der Waals surface area contributed by atoms with Gasteiger partial charge < -0.3 is 14.9 Å². The van der Waals surface area contributed by atoms with Gasteiger partial charge in [0, 0.05) is 0 Å². The SMILES string of the molecule is CCOc1ccc(CC[C@@](C)(O)[C@H]2CC[C@H]3[C@@H]4CCC5C[C@@H](O)CC[C@]5(C)[C@H]4CC[C@@]32C)cc1. The summed E-state index contributed by atoms with van der Waals surface area (Å²) < 4.78 is 5.59. The number of ether oxygens (including phenoxy) is 1. The highest BCUT2D eigenvalue weighted by Crippen LogP contribution is 2.68. The minimum Gasteiger partial charge on any atom is -0.494 e. The highest BCUT2D eigenvalue weighted by atomic mass is 16.5. The lowest BCUT2D eigenvalue weighted by atomic mass is 9.44. The molecule has 4 aliphatic carbocycles. The van der Waals surface area contributed by atoms with E-state index in [0.29, 0.717) is 17.9 Å². The summed E-state index contributed by atoms with van der Waals surface area (Å²) in [4.78, 5) is 0. The maximum absolute atomic E-state index is 11.8. The molecule has 3 nitrogen and oxygen atoms in total. The van der Waals surface area contributed by atoms with Gasteiger partial charge in [-0.05, 0) is 143 Å². The largest absolute Gasteiger partial charge is 0.494 e. The molecule has 3 heteroatoms. The number of aryl methyl sites for hydroxylation is 1. The van der Waals surface area contributed by atoms with Gasteiger partial charge in [-0.25, -0.2) is 0 Å². The van der Waals surface area contributed by atoms with Crippen LogP contribution in [0.2, 0.25) is 0 Å². The molecular formula is C31H48O3. The lowest BCUT2D eigenvalue weighted by Gasteiger charge is -2.61. The van der Waals surface area contributed by atoms with E-state index < -0.39 is 5.60 Å². The summed E-state index contributed by atoms with van der Waals surface area (Å²) in [7, 11) is 0. The van der Waals surface area contributed by atoms with Crippen LogP contribution in [0.25, 0.3) is 0 Å². The minimum absolute atomic E-state index is 0.0650. The van der Waals surface area contributed by atoms with Gasteiger partial charge in [0.15, 0.2) is 0 Å². The van der Waals surface area contributed by atoms with Crippen molar-refractivity contribution in [3.63, 3.8) is 0 Å². The first-order chi connectivity index (χ1) is 16.2. The topological polar surface area (TPSA) is 49.7 Å². The first-order valence-corrected chi connectivity index (χ1v) is 14.3. The molecule has 190 valence electrons. The van der Waals surface area contributed by atoms with Crippen LogP contribution in [0.15, 0.2) is 24.3 Å². The summed E-state index contributed by atoms with van der Waals surface area (Å²) in [6.07, 6.45) is 12.7. The standard InChI is InChI=1S/C31H48O3/c1-5-34-24-9-6-21(7-10-24)14-19-31(4,33)28-13-12-26-25-11-8-22-20-23(32)15-17-29(22,2)27(25)16-18-30(26,28)3/h6-7,9-10,22-23,25-28,32-33H,5,8,11-20H2,1-4H3/t22?,23-,25-,26-,27-,28-,29-,30-,31+/m0/s1. The van der Waals surface area contributed by atoms with Crippen molar-refractivity contribution < 1.29 is 14.9 Å². The molecule has 0 saturated heterocycles. The van der Waals surface area contributed by atoms with Crippen LogP contribution in [0, 0.1) is 40.4 Å². The second kappa shape index (κ2) is 9.11. The van der Waals surface area contributed by atoms with Crippen LogP contribution in [0.4, 0.5) is 0 Å². The smallest absolute Gasteiger partial charge is 0.119 e. The average molecular weight is 469 g/mol. The van der Waals surface area contributed by atoms with E-state index in [4.69, 9.17) is 4.74 Å². The Hall–Kier alpha value is -1.06. The van der Waals surface area contributed by atoms with Gasteiger partial charge in [0.05, 0.1) is 18.3 Å². The summed E-state index contributed by atoms with van der Waals surface area (Å²) in [6, 6.07) is 8.43. The molecule has 0 aromatic heterocycles. The van der Waals surface area contributed by atoms with Crippen LogP contribution >= 0.6 is 0 Å². The Balaban J connectivity index is 1.28.